The number of ether oxygens (including phenoxy) is 2. The Balaban J connectivity index is 0.00000274. The lowest BCUT2D eigenvalue weighted by atomic mass is 10.1. The molecule has 34 heavy (non-hydrogen) atoms. The van der Waals surface area contributed by atoms with E-state index < -0.39 is 0 Å². The number of thiazole rings is 1. The van der Waals surface area contributed by atoms with E-state index in [0.717, 1.165) is 40.1 Å². The maximum atomic E-state index is 13.3. The summed E-state index contributed by atoms with van der Waals surface area (Å²) in [5.41, 5.74) is 4.12. The van der Waals surface area contributed by atoms with Crippen molar-refractivity contribution >= 4 is 51.1 Å². The summed E-state index contributed by atoms with van der Waals surface area (Å²) in [6.45, 7) is 5.69. The minimum absolute atomic E-state index is 0. The van der Waals surface area contributed by atoms with Gasteiger partial charge in [0.25, 0.3) is 5.91 Å². The van der Waals surface area contributed by atoms with Gasteiger partial charge in [-0.1, -0.05) is 29.5 Å². The summed E-state index contributed by atoms with van der Waals surface area (Å²) in [6, 6.07) is 9.82. The first-order chi connectivity index (χ1) is 16.1. The molecule has 176 valence electrons. The number of hydrogen-bond donors (Lipinski definition) is 0. The summed E-state index contributed by atoms with van der Waals surface area (Å²) < 4.78 is 13.9. The van der Waals surface area contributed by atoms with Crippen LogP contribution in [0.25, 0.3) is 16.3 Å². The molecule has 0 atom stereocenters. The number of benzene rings is 2. The molecule has 0 aliphatic carbocycles. The molecule has 0 saturated heterocycles. The number of nitrogens with zero attached hydrogens (tertiary/aromatic N) is 4. The summed E-state index contributed by atoms with van der Waals surface area (Å²) in [4.78, 5) is 24.0. The van der Waals surface area contributed by atoms with Crippen LogP contribution in [0.15, 0.2) is 55.1 Å². The van der Waals surface area contributed by atoms with Gasteiger partial charge in [-0.2, -0.15) is 0 Å². The number of halogens is 1. The number of carbonyl (C=O) groups is 1. The number of fused-ring (bicyclic) bond motifs is 2. The minimum Gasteiger partial charge on any atom is -0.454 e. The Labute approximate surface area is 208 Å². The molecule has 0 unspecified atom stereocenters. The molecule has 7 nitrogen and oxygen atoms in total. The molecule has 5 rings (SSSR count). The van der Waals surface area contributed by atoms with Gasteiger partial charge in [0.15, 0.2) is 16.6 Å². The normalized spacial score (nSPS) is 12.3. The Kier molecular flexibility index (Phi) is 7.19. The van der Waals surface area contributed by atoms with Crippen molar-refractivity contribution in [3.05, 3.63) is 71.8 Å². The summed E-state index contributed by atoms with van der Waals surface area (Å²) >= 11 is 1.56. The number of imidazole rings is 1. The lowest BCUT2D eigenvalue weighted by molar-refractivity contribution is -0.114. The molecule has 0 bridgehead atoms. The third-order valence-corrected chi connectivity index (χ3v) is 6.81. The van der Waals surface area contributed by atoms with E-state index in [1.807, 2.05) is 29.0 Å². The Hall–Kier alpha value is -3.36. The SMILES string of the molecule is Cc1ccc(C)c2sc(N(CCCn3ccnc3)C(=O)/C=C/c3ccc4c(c3)OCO4)nc12.Cl. The van der Waals surface area contributed by atoms with Crippen molar-refractivity contribution in [2.75, 3.05) is 18.2 Å². The number of aryl methyl sites for hydroxylation is 3. The molecule has 4 aromatic rings. The maximum Gasteiger partial charge on any atom is 0.252 e. The lowest BCUT2D eigenvalue weighted by Gasteiger charge is -2.18. The van der Waals surface area contributed by atoms with Crippen LogP contribution in [0.5, 0.6) is 11.5 Å². The molecule has 0 N–H and O–H groups in total. The quantitative estimate of drug-likeness (QED) is 0.320. The molecule has 2 aromatic heterocycles. The van der Waals surface area contributed by atoms with Crippen molar-refractivity contribution in [1.82, 2.24) is 14.5 Å². The van der Waals surface area contributed by atoms with E-state index in [1.54, 1.807) is 40.9 Å². The molecular weight excluding hydrogens is 472 g/mol. The molecule has 1 amide bonds. The largest absolute Gasteiger partial charge is 0.454 e. The van der Waals surface area contributed by atoms with Crippen molar-refractivity contribution in [3.8, 4) is 11.5 Å². The van der Waals surface area contributed by atoms with Crippen LogP contribution in [-0.2, 0) is 11.3 Å². The fraction of sp³-hybridized carbons (Fsp3) is 0.240. The second kappa shape index (κ2) is 10.3. The van der Waals surface area contributed by atoms with Crippen molar-refractivity contribution in [1.29, 1.82) is 0 Å². The van der Waals surface area contributed by atoms with E-state index in [0.29, 0.717) is 17.4 Å². The van der Waals surface area contributed by atoms with Gasteiger partial charge in [-0.15, -0.1) is 12.4 Å². The van der Waals surface area contributed by atoms with Gasteiger partial charge in [0.05, 0.1) is 16.5 Å². The first-order valence-electron chi connectivity index (χ1n) is 10.8. The van der Waals surface area contributed by atoms with Gasteiger partial charge < -0.3 is 14.0 Å². The predicted octanol–water partition coefficient (Wildman–Crippen LogP) is 5.40. The van der Waals surface area contributed by atoms with Crippen molar-refractivity contribution < 1.29 is 14.3 Å². The zero-order valence-electron chi connectivity index (χ0n) is 18.9. The van der Waals surface area contributed by atoms with E-state index in [4.69, 9.17) is 14.5 Å². The number of amides is 1. The third kappa shape index (κ3) is 4.93. The van der Waals surface area contributed by atoms with Crippen LogP contribution < -0.4 is 14.4 Å². The van der Waals surface area contributed by atoms with Crippen LogP contribution in [0, 0.1) is 13.8 Å². The number of anilines is 1. The highest BCUT2D eigenvalue weighted by atomic mass is 35.5. The monoisotopic (exact) mass is 496 g/mol. The van der Waals surface area contributed by atoms with Crippen LogP contribution in [0.3, 0.4) is 0 Å². The van der Waals surface area contributed by atoms with Crippen LogP contribution in [-0.4, -0.2) is 33.8 Å². The van der Waals surface area contributed by atoms with E-state index in [1.165, 1.54) is 5.56 Å². The second-order valence-corrected chi connectivity index (χ2v) is 8.94. The van der Waals surface area contributed by atoms with Crippen molar-refractivity contribution in [2.45, 2.75) is 26.8 Å². The Morgan fingerprint density at radius 2 is 2.00 bits per heavy atom. The summed E-state index contributed by atoms with van der Waals surface area (Å²) in [5, 5.41) is 0.716. The van der Waals surface area contributed by atoms with Gasteiger partial charge in [-0.3, -0.25) is 9.69 Å². The smallest absolute Gasteiger partial charge is 0.252 e. The highest BCUT2D eigenvalue weighted by Crippen LogP contribution is 2.34. The van der Waals surface area contributed by atoms with E-state index >= 15 is 0 Å². The summed E-state index contributed by atoms with van der Waals surface area (Å²) in [7, 11) is 0. The summed E-state index contributed by atoms with van der Waals surface area (Å²) in [5.74, 6) is 1.31. The molecule has 0 radical (unpaired) electrons. The fourth-order valence-electron chi connectivity index (χ4n) is 3.77. The highest BCUT2D eigenvalue weighted by molar-refractivity contribution is 7.22. The first kappa shape index (κ1) is 23.8. The number of carbonyl (C=O) groups excluding carboxylic acids is 1. The zero-order chi connectivity index (χ0) is 22.8. The third-order valence-electron chi connectivity index (χ3n) is 5.60. The van der Waals surface area contributed by atoms with E-state index in [-0.39, 0.29) is 25.1 Å². The average molecular weight is 497 g/mol. The number of rotatable bonds is 7. The minimum atomic E-state index is -0.104. The molecular formula is C25H25ClN4O3S. The van der Waals surface area contributed by atoms with Crippen LogP contribution in [0.1, 0.15) is 23.1 Å². The van der Waals surface area contributed by atoms with Gasteiger partial charge in [0, 0.05) is 31.6 Å². The molecule has 9 heteroatoms. The van der Waals surface area contributed by atoms with Gasteiger partial charge in [-0.05, 0) is 55.2 Å². The van der Waals surface area contributed by atoms with Gasteiger partial charge in [0.1, 0.15) is 0 Å². The standard InChI is InChI=1S/C25H24N4O3S.ClH/c1-17-4-5-18(2)24-23(17)27-25(33-24)29(12-3-11-28-13-10-26-15-28)22(30)9-7-19-6-8-20-21(14-19)32-16-31-20;/h4-10,13-15H,3,11-12,16H2,1-2H3;1H/b9-7+;. The van der Waals surface area contributed by atoms with Gasteiger partial charge >= 0.3 is 0 Å². The number of hydrogen-bond acceptors (Lipinski definition) is 6. The Morgan fingerprint density at radius 1 is 1.18 bits per heavy atom. The van der Waals surface area contributed by atoms with Gasteiger partial charge in [-0.25, -0.2) is 9.97 Å². The molecule has 0 spiro atoms. The van der Waals surface area contributed by atoms with Crippen LogP contribution >= 0.6 is 23.7 Å². The van der Waals surface area contributed by atoms with Crippen molar-refractivity contribution in [3.63, 3.8) is 0 Å². The van der Waals surface area contributed by atoms with E-state index in [2.05, 4.69) is 31.0 Å². The summed E-state index contributed by atoms with van der Waals surface area (Å²) in [6.07, 6.45) is 9.66. The fourth-order valence-corrected chi connectivity index (χ4v) is 4.91. The Bertz CT molecular complexity index is 1290. The van der Waals surface area contributed by atoms with Crippen LogP contribution in [0.4, 0.5) is 5.13 Å². The molecule has 3 heterocycles. The molecule has 2 aromatic carbocycles. The van der Waals surface area contributed by atoms with Gasteiger partial charge in [0.2, 0.25) is 6.79 Å². The molecule has 1 aliphatic rings. The molecule has 0 saturated carbocycles. The molecule has 0 fully saturated rings. The number of aromatic nitrogens is 3. The highest BCUT2D eigenvalue weighted by Gasteiger charge is 2.19. The lowest BCUT2D eigenvalue weighted by Crippen LogP contribution is -2.30. The van der Waals surface area contributed by atoms with Crippen LogP contribution in [0.2, 0.25) is 0 Å². The molecule has 1 aliphatic heterocycles. The average Bonchev–Trinajstić information content (AvgIpc) is 3.58. The first-order valence-corrected chi connectivity index (χ1v) is 11.6. The van der Waals surface area contributed by atoms with Crippen molar-refractivity contribution in [2.24, 2.45) is 0 Å². The van der Waals surface area contributed by atoms with E-state index in [9.17, 15) is 4.79 Å². The topological polar surface area (TPSA) is 69.5 Å². The predicted molar refractivity (Wildman–Crippen MR) is 137 cm³/mol. The Morgan fingerprint density at radius 3 is 2.79 bits per heavy atom. The maximum absolute atomic E-state index is 13.3. The zero-order valence-corrected chi connectivity index (χ0v) is 20.6. The second-order valence-electron chi connectivity index (χ2n) is 7.96.